The van der Waals surface area contributed by atoms with E-state index in [-0.39, 0.29) is 52.8 Å². The van der Waals surface area contributed by atoms with Gasteiger partial charge < -0.3 is 22.9 Å². The number of para-hydroxylation sites is 2. The van der Waals surface area contributed by atoms with Crippen molar-refractivity contribution in [3.8, 4) is 16.2 Å². The number of furan rings is 2. The van der Waals surface area contributed by atoms with E-state index in [0.29, 0.717) is 30.8 Å². The van der Waals surface area contributed by atoms with Crippen LogP contribution in [0, 0.1) is 0 Å². The minimum atomic E-state index is -3.87. The molecule has 7 rings (SSSR count). The van der Waals surface area contributed by atoms with Crippen molar-refractivity contribution < 1.29 is 50.5 Å². The molecule has 0 unspecified atom stereocenters. The topological polar surface area (TPSA) is 167 Å². The van der Waals surface area contributed by atoms with Gasteiger partial charge in [0.05, 0.1) is 16.2 Å². The zero-order valence-corrected chi connectivity index (χ0v) is 33.6. The first kappa shape index (κ1) is 39.6. The molecule has 0 radical (unpaired) electrons. The summed E-state index contributed by atoms with van der Waals surface area (Å²) in [5, 5.41) is 14.4. The van der Waals surface area contributed by atoms with Gasteiger partial charge in [-0.1, -0.05) is 48.0 Å². The molecule has 0 aliphatic carbocycles. The van der Waals surface area contributed by atoms with E-state index in [1.807, 2.05) is 30.3 Å². The van der Waals surface area contributed by atoms with Gasteiger partial charge in [0, 0.05) is 54.6 Å². The summed E-state index contributed by atoms with van der Waals surface area (Å²) in [6.45, 7) is 5.06. The molecule has 284 valence electrons. The normalized spacial score (nSPS) is 11.7. The number of carbonyl (C=O) groups is 4. The molecule has 11 nitrogen and oxygen atoms in total. The summed E-state index contributed by atoms with van der Waals surface area (Å²) in [7, 11) is -3.87. The summed E-state index contributed by atoms with van der Waals surface area (Å²) < 4.78 is 45.2. The third-order valence-electron chi connectivity index (χ3n) is 7.64. The predicted molar refractivity (Wildman–Crippen MR) is 213 cm³/mol. The van der Waals surface area contributed by atoms with Crippen LogP contribution in [0.1, 0.15) is 72.4 Å². The summed E-state index contributed by atoms with van der Waals surface area (Å²) >= 11 is 9.58. The van der Waals surface area contributed by atoms with E-state index in [2.05, 4.69) is 0 Å². The van der Waals surface area contributed by atoms with Crippen LogP contribution in [0.5, 0.6) is 5.75 Å². The van der Waals surface area contributed by atoms with E-state index in [1.54, 1.807) is 68.6 Å². The number of aromatic carboxylic acids is 1. The number of carboxylic acids is 1. The fraction of sp³-hybridized carbons (Fsp3) is 0.179. The number of esters is 1. The molecule has 0 aliphatic heterocycles. The van der Waals surface area contributed by atoms with Crippen molar-refractivity contribution in [2.24, 2.45) is 0 Å². The summed E-state index contributed by atoms with van der Waals surface area (Å²) in [5.41, 5.74) is 1.08. The van der Waals surface area contributed by atoms with E-state index < -0.39 is 27.7 Å². The number of carboxylic acid groups (broad SMARTS) is 1. The van der Waals surface area contributed by atoms with Crippen molar-refractivity contribution in [3.63, 3.8) is 0 Å². The fourth-order valence-corrected chi connectivity index (χ4v) is 9.01. The molecule has 0 fully saturated rings. The van der Waals surface area contributed by atoms with Crippen LogP contribution >= 0.6 is 45.6 Å². The molecule has 0 saturated heterocycles. The second-order valence-corrected chi connectivity index (χ2v) is 18.3. The van der Waals surface area contributed by atoms with E-state index in [9.17, 15) is 32.7 Å². The molecule has 1 N–H and O–H groups in total. The van der Waals surface area contributed by atoms with Gasteiger partial charge in [0.1, 0.15) is 22.3 Å². The second-order valence-electron chi connectivity index (χ2n) is 13.0. The Kier molecular flexibility index (Phi) is 11.5. The maximum Gasteiger partial charge on any atom is 0.343 e. The van der Waals surface area contributed by atoms with Crippen LogP contribution in [0.4, 0.5) is 0 Å². The Labute approximate surface area is 331 Å². The van der Waals surface area contributed by atoms with Gasteiger partial charge in [-0.25, -0.2) is 9.59 Å². The predicted octanol–water partition coefficient (Wildman–Crippen LogP) is 10.2. The van der Waals surface area contributed by atoms with Crippen LogP contribution in [0.2, 0.25) is 4.34 Å². The first-order chi connectivity index (χ1) is 26.0. The highest BCUT2D eigenvalue weighted by atomic mass is 35.5. The lowest BCUT2D eigenvalue weighted by Gasteiger charge is -2.20. The molecule has 5 heterocycles. The molecule has 2 aromatic carbocycles. The Morgan fingerprint density at radius 2 is 1.31 bits per heavy atom. The monoisotopic (exact) mass is 838 g/mol. The summed E-state index contributed by atoms with van der Waals surface area (Å²) in [4.78, 5) is 51.4. The Morgan fingerprint density at radius 3 is 1.78 bits per heavy atom. The van der Waals surface area contributed by atoms with Crippen LogP contribution in [0.25, 0.3) is 32.4 Å². The maximum absolute atomic E-state index is 12.7. The maximum atomic E-state index is 12.7. The highest BCUT2D eigenvalue weighted by molar-refractivity contribution is 7.86. The molecule has 0 bridgehead atoms. The fourth-order valence-electron chi connectivity index (χ4n) is 5.39. The van der Waals surface area contributed by atoms with Gasteiger partial charge in [-0.2, -0.15) is 8.42 Å². The molecule has 55 heavy (non-hydrogen) atoms. The number of carbonyl (C=O) groups excluding carboxylic acids is 3. The molecule has 7 aromatic rings. The highest BCUT2D eigenvalue weighted by Gasteiger charge is 2.29. The van der Waals surface area contributed by atoms with Crippen molar-refractivity contribution in [1.29, 1.82) is 0 Å². The summed E-state index contributed by atoms with van der Waals surface area (Å²) in [6, 6.07) is 21.4. The molecule has 0 atom stereocenters. The lowest BCUT2D eigenvalue weighted by atomic mass is 10.1. The zero-order chi connectivity index (χ0) is 39.7. The van der Waals surface area contributed by atoms with Gasteiger partial charge in [-0.3, -0.25) is 9.59 Å². The number of Topliss-reactive ketones (excluding diaryl/α,β-unsaturated/α-hetero) is 2. The smallest absolute Gasteiger partial charge is 0.343 e. The van der Waals surface area contributed by atoms with Gasteiger partial charge in [0.2, 0.25) is 11.6 Å². The van der Waals surface area contributed by atoms with Crippen LogP contribution < -0.4 is 4.18 Å². The summed E-state index contributed by atoms with van der Waals surface area (Å²) in [6.07, 6.45) is 0.695. The SMILES string of the molecule is CC(C)(C)OC(=O)c1c(OS(C)(=O)=O)csc1CC(=O)c1cc2ccccc2o1.O=C(Cc1scc(-c2ccc(Cl)s2)c1C(=O)O)c1cc2ccccc2o1. The Balaban J connectivity index is 0.000000188. The number of halogens is 1. The Hall–Kier alpha value is -5.06. The van der Waals surface area contributed by atoms with Gasteiger partial charge in [0.15, 0.2) is 17.3 Å². The number of ketones is 2. The highest BCUT2D eigenvalue weighted by Crippen LogP contribution is 2.38. The van der Waals surface area contributed by atoms with Gasteiger partial charge in [-0.05, 0) is 57.2 Å². The first-order valence-corrected chi connectivity index (χ1v) is 21.1. The van der Waals surface area contributed by atoms with Crippen molar-refractivity contribution in [2.45, 2.75) is 39.2 Å². The molecule has 0 aliphatic rings. The number of ether oxygens (including phenoxy) is 1. The average molecular weight is 839 g/mol. The van der Waals surface area contributed by atoms with Crippen LogP contribution in [0.15, 0.2) is 92.4 Å². The van der Waals surface area contributed by atoms with Crippen molar-refractivity contribution >= 4 is 101 Å². The van der Waals surface area contributed by atoms with Crippen molar-refractivity contribution in [3.05, 3.63) is 120 Å². The van der Waals surface area contributed by atoms with E-state index in [0.717, 1.165) is 33.2 Å². The zero-order valence-electron chi connectivity index (χ0n) is 29.5. The second kappa shape index (κ2) is 16.0. The Morgan fingerprint density at radius 1 is 0.782 bits per heavy atom. The Bertz CT molecular complexity index is 2620. The van der Waals surface area contributed by atoms with Crippen LogP contribution in [0.3, 0.4) is 0 Å². The van der Waals surface area contributed by atoms with Gasteiger partial charge in [0.25, 0.3) is 0 Å². The van der Waals surface area contributed by atoms with Gasteiger partial charge >= 0.3 is 22.1 Å². The van der Waals surface area contributed by atoms with Crippen molar-refractivity contribution in [2.75, 3.05) is 6.26 Å². The number of thiophene rings is 3. The molecular formula is C39H31ClO11S4. The third-order valence-corrected chi connectivity index (χ3v) is 11.3. The minimum Gasteiger partial charge on any atom is -0.478 e. The van der Waals surface area contributed by atoms with Crippen LogP contribution in [-0.2, 0) is 27.7 Å². The van der Waals surface area contributed by atoms with E-state index >= 15 is 0 Å². The quantitative estimate of drug-likeness (QED) is 0.0748. The molecule has 0 spiro atoms. The number of rotatable bonds is 11. The summed E-state index contributed by atoms with van der Waals surface area (Å²) in [5.74, 6) is -2.18. The number of fused-ring (bicyclic) bond motifs is 2. The molecule has 16 heteroatoms. The van der Waals surface area contributed by atoms with Crippen molar-refractivity contribution in [1.82, 2.24) is 0 Å². The number of hydrogen-bond donors (Lipinski definition) is 1. The molecule has 0 amide bonds. The minimum absolute atomic E-state index is 0.0226. The van der Waals surface area contributed by atoms with E-state index in [1.165, 1.54) is 28.1 Å². The largest absolute Gasteiger partial charge is 0.478 e. The van der Waals surface area contributed by atoms with Crippen LogP contribution in [-0.4, -0.2) is 48.9 Å². The van der Waals surface area contributed by atoms with Gasteiger partial charge in [-0.15, -0.1) is 34.0 Å². The molecule has 0 saturated carbocycles. The molecule has 5 aromatic heterocycles. The lowest BCUT2D eigenvalue weighted by molar-refractivity contribution is 0.00674. The van der Waals surface area contributed by atoms with E-state index in [4.69, 9.17) is 29.4 Å². The number of benzene rings is 2. The lowest BCUT2D eigenvalue weighted by Crippen LogP contribution is -2.25. The number of hydrogen-bond acceptors (Lipinski definition) is 13. The molecular weight excluding hydrogens is 808 g/mol. The first-order valence-electron chi connectivity index (χ1n) is 16.3. The average Bonchev–Trinajstić information content (AvgIpc) is 3.93. The standard InChI is InChI=1S/C20H20O7S2.C19H11ClO4S2/c1-20(2,3)26-19(22)18-16(27-29(4,23)24)11-28-17(18)10-13(21)15-9-12-7-5-6-8-14(12)25-15;20-17-6-5-15(26-17)11-9-25-16(18(11)19(22)23)8-12(21)14-7-10-3-1-2-4-13(10)24-14/h5-9,11H,10H2,1-4H3;1-7,9H,8H2,(H,22,23). The third kappa shape index (κ3) is 9.61.